The summed E-state index contributed by atoms with van der Waals surface area (Å²) in [4.78, 5) is 28.1. The molecule has 1 heterocycles. The number of nitrogens with one attached hydrogen (secondary N) is 1. The van der Waals surface area contributed by atoms with Crippen LogP contribution in [0.3, 0.4) is 0 Å². The predicted octanol–water partition coefficient (Wildman–Crippen LogP) is 1.52. The van der Waals surface area contributed by atoms with Crippen LogP contribution in [0.15, 0.2) is 24.3 Å². The largest absolute Gasteiger partial charge is 0.340 e. The quantitative estimate of drug-likeness (QED) is 0.798. The van der Waals surface area contributed by atoms with E-state index < -0.39 is 0 Å². The molecule has 3 N–H and O–H groups in total. The summed E-state index contributed by atoms with van der Waals surface area (Å²) in [5, 5.41) is 2.80. The monoisotopic (exact) mass is 390 g/mol. The standard InChI is InChI=1S/C17H26N4O2.2ClH/c1-13(18)11-16(22)19-15-5-3-14(4-6-15)12-17(23)21-9-7-20(2)8-10-21;;/h3-6,13H,7-12,18H2,1-2H3,(H,19,22);2*1H. The molecule has 1 aliphatic rings. The van der Waals surface area contributed by atoms with Gasteiger partial charge in [-0.2, -0.15) is 0 Å². The number of carbonyl (C=O) groups is 2. The zero-order chi connectivity index (χ0) is 16.8. The molecule has 2 rings (SSSR count). The molecule has 1 fully saturated rings. The number of piperazine rings is 1. The van der Waals surface area contributed by atoms with Crippen LogP contribution in [0.5, 0.6) is 0 Å². The van der Waals surface area contributed by atoms with Crippen LogP contribution in [0.4, 0.5) is 5.69 Å². The van der Waals surface area contributed by atoms with Gasteiger partial charge < -0.3 is 20.9 Å². The summed E-state index contributed by atoms with van der Waals surface area (Å²) in [6.07, 6.45) is 0.696. The minimum absolute atomic E-state index is 0. The Morgan fingerprint density at radius 1 is 1.12 bits per heavy atom. The number of halogens is 2. The highest BCUT2D eigenvalue weighted by atomic mass is 35.5. The second kappa shape index (κ2) is 11.3. The summed E-state index contributed by atoms with van der Waals surface area (Å²) in [5.74, 6) is 0.0631. The fourth-order valence-electron chi connectivity index (χ4n) is 2.55. The molecule has 1 saturated heterocycles. The smallest absolute Gasteiger partial charge is 0.227 e. The molecule has 0 radical (unpaired) electrons. The van der Waals surface area contributed by atoms with E-state index in [0.717, 1.165) is 37.4 Å². The molecular formula is C17H28Cl2N4O2. The van der Waals surface area contributed by atoms with Crippen LogP contribution >= 0.6 is 24.8 Å². The van der Waals surface area contributed by atoms with Gasteiger partial charge in [0.1, 0.15) is 0 Å². The Bertz CT molecular complexity index is 544. The molecule has 1 aliphatic heterocycles. The second-order valence-electron chi connectivity index (χ2n) is 6.29. The van der Waals surface area contributed by atoms with Crippen LogP contribution in [0.1, 0.15) is 18.9 Å². The summed E-state index contributed by atoms with van der Waals surface area (Å²) in [5.41, 5.74) is 7.29. The molecule has 0 aromatic heterocycles. The maximum absolute atomic E-state index is 12.3. The maximum atomic E-state index is 12.3. The molecule has 1 aromatic carbocycles. The highest BCUT2D eigenvalue weighted by molar-refractivity contribution is 5.91. The van der Waals surface area contributed by atoms with E-state index in [1.165, 1.54) is 0 Å². The molecule has 0 bridgehead atoms. The topological polar surface area (TPSA) is 78.7 Å². The summed E-state index contributed by atoms with van der Waals surface area (Å²) in [6, 6.07) is 7.26. The molecule has 0 aliphatic carbocycles. The van der Waals surface area contributed by atoms with Gasteiger partial charge in [-0.25, -0.2) is 0 Å². The van der Waals surface area contributed by atoms with Crippen molar-refractivity contribution in [1.29, 1.82) is 0 Å². The van der Waals surface area contributed by atoms with Crippen LogP contribution in [0.25, 0.3) is 0 Å². The Kier molecular flexibility index (Phi) is 10.7. The van der Waals surface area contributed by atoms with Crippen LogP contribution in [0.2, 0.25) is 0 Å². The van der Waals surface area contributed by atoms with Gasteiger partial charge >= 0.3 is 0 Å². The van der Waals surface area contributed by atoms with E-state index in [9.17, 15) is 9.59 Å². The Morgan fingerprint density at radius 2 is 1.68 bits per heavy atom. The van der Waals surface area contributed by atoms with Crippen molar-refractivity contribution in [3.63, 3.8) is 0 Å². The van der Waals surface area contributed by atoms with Crippen LogP contribution in [-0.4, -0.2) is 60.9 Å². The van der Waals surface area contributed by atoms with E-state index in [1.807, 2.05) is 29.2 Å². The van der Waals surface area contributed by atoms with E-state index >= 15 is 0 Å². The Labute approximate surface area is 161 Å². The maximum Gasteiger partial charge on any atom is 0.227 e. The van der Waals surface area contributed by atoms with Crippen molar-refractivity contribution in [3.8, 4) is 0 Å². The number of benzene rings is 1. The Balaban J connectivity index is 0.00000288. The molecular weight excluding hydrogens is 363 g/mol. The van der Waals surface area contributed by atoms with Crippen molar-refractivity contribution in [1.82, 2.24) is 9.80 Å². The van der Waals surface area contributed by atoms with Crippen molar-refractivity contribution in [2.24, 2.45) is 5.73 Å². The second-order valence-corrected chi connectivity index (χ2v) is 6.29. The lowest BCUT2D eigenvalue weighted by Gasteiger charge is -2.32. The molecule has 1 unspecified atom stereocenters. The van der Waals surface area contributed by atoms with E-state index in [-0.39, 0.29) is 42.7 Å². The minimum atomic E-state index is -0.157. The van der Waals surface area contributed by atoms with E-state index in [0.29, 0.717) is 12.8 Å². The van der Waals surface area contributed by atoms with Crippen molar-refractivity contribution in [2.75, 3.05) is 38.5 Å². The Morgan fingerprint density at radius 3 is 2.20 bits per heavy atom. The van der Waals surface area contributed by atoms with Gasteiger partial charge in [0.15, 0.2) is 0 Å². The van der Waals surface area contributed by atoms with Gasteiger partial charge in [0.25, 0.3) is 0 Å². The van der Waals surface area contributed by atoms with Crippen LogP contribution in [-0.2, 0) is 16.0 Å². The average Bonchev–Trinajstić information content (AvgIpc) is 2.49. The molecule has 6 nitrogen and oxygen atoms in total. The van der Waals surface area contributed by atoms with Crippen molar-refractivity contribution in [3.05, 3.63) is 29.8 Å². The summed E-state index contributed by atoms with van der Waals surface area (Å²) in [7, 11) is 2.07. The first kappa shape index (κ1) is 23.7. The van der Waals surface area contributed by atoms with Crippen molar-refractivity contribution in [2.45, 2.75) is 25.8 Å². The highest BCUT2D eigenvalue weighted by Gasteiger charge is 2.19. The van der Waals surface area contributed by atoms with Crippen molar-refractivity contribution >= 4 is 42.3 Å². The third-order valence-corrected chi connectivity index (χ3v) is 3.96. The third-order valence-electron chi connectivity index (χ3n) is 3.96. The summed E-state index contributed by atoms with van der Waals surface area (Å²) < 4.78 is 0. The van der Waals surface area contributed by atoms with Gasteiger partial charge in [-0.15, -0.1) is 24.8 Å². The van der Waals surface area contributed by atoms with E-state index in [4.69, 9.17) is 5.73 Å². The highest BCUT2D eigenvalue weighted by Crippen LogP contribution is 2.12. The van der Waals surface area contributed by atoms with Gasteiger partial charge in [-0.05, 0) is 31.7 Å². The number of likely N-dealkylation sites (N-methyl/N-ethyl adjacent to an activating group) is 1. The van der Waals surface area contributed by atoms with Gasteiger partial charge in [-0.3, -0.25) is 9.59 Å². The normalized spacial score (nSPS) is 15.6. The van der Waals surface area contributed by atoms with Crippen LogP contribution < -0.4 is 11.1 Å². The van der Waals surface area contributed by atoms with Crippen molar-refractivity contribution < 1.29 is 9.59 Å². The molecule has 142 valence electrons. The summed E-state index contributed by atoms with van der Waals surface area (Å²) >= 11 is 0. The molecule has 8 heteroatoms. The SMILES string of the molecule is CC(N)CC(=O)Nc1ccc(CC(=O)N2CCN(C)CC2)cc1.Cl.Cl. The predicted molar refractivity (Wildman–Crippen MR) is 106 cm³/mol. The molecule has 1 aromatic rings. The fraction of sp³-hybridized carbons (Fsp3) is 0.529. The summed E-state index contributed by atoms with van der Waals surface area (Å²) in [6.45, 7) is 5.24. The van der Waals surface area contributed by atoms with Gasteiger partial charge in [0, 0.05) is 44.3 Å². The number of rotatable bonds is 5. The first-order chi connectivity index (χ1) is 10.9. The number of nitrogens with zero attached hydrogens (tertiary/aromatic N) is 2. The number of anilines is 1. The first-order valence-corrected chi connectivity index (χ1v) is 8.04. The zero-order valence-electron chi connectivity index (χ0n) is 14.7. The van der Waals surface area contributed by atoms with E-state index in [2.05, 4.69) is 17.3 Å². The number of hydrogen-bond donors (Lipinski definition) is 2. The lowest BCUT2D eigenvalue weighted by Crippen LogP contribution is -2.47. The first-order valence-electron chi connectivity index (χ1n) is 8.04. The number of hydrogen-bond acceptors (Lipinski definition) is 4. The molecule has 25 heavy (non-hydrogen) atoms. The molecule has 1 atom stereocenters. The number of nitrogens with two attached hydrogens (primary N) is 1. The van der Waals surface area contributed by atoms with Gasteiger partial charge in [-0.1, -0.05) is 12.1 Å². The fourth-order valence-corrected chi connectivity index (χ4v) is 2.55. The van der Waals surface area contributed by atoms with Gasteiger partial charge in [0.05, 0.1) is 6.42 Å². The number of amides is 2. The molecule has 0 spiro atoms. The van der Waals surface area contributed by atoms with E-state index in [1.54, 1.807) is 6.92 Å². The van der Waals surface area contributed by atoms with Gasteiger partial charge in [0.2, 0.25) is 11.8 Å². The lowest BCUT2D eigenvalue weighted by molar-refractivity contribution is -0.132. The third kappa shape index (κ3) is 8.05. The average molecular weight is 391 g/mol. The lowest BCUT2D eigenvalue weighted by atomic mass is 10.1. The minimum Gasteiger partial charge on any atom is -0.340 e. The van der Waals surface area contributed by atoms with Crippen LogP contribution in [0, 0.1) is 0 Å². The molecule has 2 amide bonds. The zero-order valence-corrected chi connectivity index (χ0v) is 16.4. The Hall–Kier alpha value is -1.34. The number of carbonyl (C=O) groups excluding carboxylic acids is 2. The molecule has 0 saturated carbocycles.